The largest absolute Gasteiger partial charge is 0.459 e. The molecule has 1 fully saturated rings. The number of nitrogens with one attached hydrogen (secondary N) is 2. The van der Waals surface area contributed by atoms with Gasteiger partial charge in [0.2, 0.25) is 5.91 Å². The van der Waals surface area contributed by atoms with Crippen LogP contribution in [0.25, 0.3) is 0 Å². The minimum Gasteiger partial charge on any atom is -0.459 e. The standard InChI is InChI=1S/C16H20N4O4/c21-15(5-6-17-16(22)14-4-2-8-24-14)19-12-9-18-20(10-12)11-13-3-1-7-23-13/h2,4,8-10,13H,1,3,5-7,11H2,(H,17,22)(H,19,21). The van der Waals surface area contributed by atoms with E-state index in [1.807, 2.05) is 0 Å². The molecule has 8 heteroatoms. The Hall–Kier alpha value is -2.61. The van der Waals surface area contributed by atoms with E-state index in [1.165, 1.54) is 6.26 Å². The Bertz CT molecular complexity index is 674. The van der Waals surface area contributed by atoms with Crippen molar-refractivity contribution in [2.75, 3.05) is 18.5 Å². The predicted octanol–water partition coefficient (Wildman–Crippen LogP) is 1.41. The molecule has 2 amide bonds. The zero-order valence-corrected chi connectivity index (χ0v) is 13.2. The molecular weight excluding hydrogens is 312 g/mol. The Kier molecular flexibility index (Phi) is 5.27. The van der Waals surface area contributed by atoms with Gasteiger partial charge in [-0.05, 0) is 25.0 Å². The molecule has 1 aliphatic rings. The van der Waals surface area contributed by atoms with Crippen LogP contribution in [0.3, 0.4) is 0 Å². The van der Waals surface area contributed by atoms with Gasteiger partial charge in [0.25, 0.3) is 5.91 Å². The Labute approximate surface area is 139 Å². The lowest BCUT2D eigenvalue weighted by atomic mass is 10.2. The summed E-state index contributed by atoms with van der Waals surface area (Å²) in [5.41, 5.74) is 0.635. The zero-order valence-electron chi connectivity index (χ0n) is 13.2. The molecule has 3 heterocycles. The maximum absolute atomic E-state index is 11.9. The number of hydrogen-bond donors (Lipinski definition) is 2. The van der Waals surface area contributed by atoms with Crippen molar-refractivity contribution in [3.8, 4) is 0 Å². The van der Waals surface area contributed by atoms with E-state index in [1.54, 1.807) is 29.2 Å². The van der Waals surface area contributed by atoms with E-state index in [0.717, 1.165) is 19.4 Å². The number of nitrogens with zero attached hydrogens (tertiary/aromatic N) is 2. The highest BCUT2D eigenvalue weighted by atomic mass is 16.5. The fourth-order valence-corrected chi connectivity index (χ4v) is 2.53. The average molecular weight is 332 g/mol. The minimum absolute atomic E-state index is 0.170. The van der Waals surface area contributed by atoms with Crippen LogP contribution < -0.4 is 10.6 Å². The molecule has 0 radical (unpaired) electrons. The van der Waals surface area contributed by atoms with Gasteiger partial charge >= 0.3 is 0 Å². The summed E-state index contributed by atoms with van der Waals surface area (Å²) < 4.78 is 12.3. The van der Waals surface area contributed by atoms with Crippen molar-refractivity contribution in [2.45, 2.75) is 31.9 Å². The van der Waals surface area contributed by atoms with E-state index in [9.17, 15) is 9.59 Å². The highest BCUT2D eigenvalue weighted by Gasteiger charge is 2.16. The summed E-state index contributed by atoms with van der Waals surface area (Å²) >= 11 is 0. The normalized spacial score (nSPS) is 16.9. The fraction of sp³-hybridized carbons (Fsp3) is 0.438. The summed E-state index contributed by atoms with van der Waals surface area (Å²) in [5, 5.41) is 9.60. The molecule has 1 atom stereocenters. The molecule has 0 bridgehead atoms. The lowest BCUT2D eigenvalue weighted by Crippen LogP contribution is -2.27. The van der Waals surface area contributed by atoms with Crippen molar-refractivity contribution in [1.82, 2.24) is 15.1 Å². The van der Waals surface area contributed by atoms with Gasteiger partial charge in [0.15, 0.2) is 5.76 Å². The van der Waals surface area contributed by atoms with E-state index >= 15 is 0 Å². The van der Waals surface area contributed by atoms with E-state index in [-0.39, 0.29) is 36.6 Å². The molecule has 128 valence electrons. The van der Waals surface area contributed by atoms with Crippen molar-refractivity contribution < 1.29 is 18.7 Å². The molecule has 2 aromatic heterocycles. The number of rotatable bonds is 7. The number of carbonyl (C=O) groups excluding carboxylic acids is 2. The van der Waals surface area contributed by atoms with Gasteiger partial charge in [-0.2, -0.15) is 5.10 Å². The lowest BCUT2D eigenvalue weighted by Gasteiger charge is -2.08. The number of anilines is 1. The summed E-state index contributed by atoms with van der Waals surface area (Å²) in [7, 11) is 0. The quantitative estimate of drug-likeness (QED) is 0.799. The third kappa shape index (κ3) is 4.45. The smallest absolute Gasteiger partial charge is 0.286 e. The number of amides is 2. The number of ether oxygens (including phenoxy) is 1. The van der Waals surface area contributed by atoms with E-state index < -0.39 is 0 Å². The van der Waals surface area contributed by atoms with Crippen molar-refractivity contribution in [3.05, 3.63) is 36.5 Å². The fourth-order valence-electron chi connectivity index (χ4n) is 2.53. The molecule has 1 aliphatic heterocycles. The molecule has 8 nitrogen and oxygen atoms in total. The summed E-state index contributed by atoms with van der Waals surface area (Å²) in [5.74, 6) is -0.297. The molecule has 1 saturated heterocycles. The van der Waals surface area contributed by atoms with Crippen LogP contribution in [0.1, 0.15) is 29.8 Å². The molecule has 24 heavy (non-hydrogen) atoms. The zero-order chi connectivity index (χ0) is 16.8. The monoisotopic (exact) mass is 332 g/mol. The third-order valence-electron chi connectivity index (χ3n) is 3.71. The van der Waals surface area contributed by atoms with Crippen molar-refractivity contribution in [3.63, 3.8) is 0 Å². The van der Waals surface area contributed by atoms with Crippen LogP contribution in [-0.4, -0.2) is 40.9 Å². The van der Waals surface area contributed by atoms with E-state index in [4.69, 9.17) is 9.15 Å². The number of aromatic nitrogens is 2. The van der Waals surface area contributed by atoms with Gasteiger partial charge in [-0.3, -0.25) is 14.3 Å². The van der Waals surface area contributed by atoms with Crippen LogP contribution >= 0.6 is 0 Å². The molecule has 0 aromatic carbocycles. The number of hydrogen-bond acceptors (Lipinski definition) is 5. The van der Waals surface area contributed by atoms with Crippen LogP contribution in [-0.2, 0) is 16.1 Å². The van der Waals surface area contributed by atoms with Gasteiger partial charge in [-0.1, -0.05) is 0 Å². The first-order chi connectivity index (χ1) is 11.7. The summed E-state index contributed by atoms with van der Waals surface area (Å²) in [6.45, 7) is 1.73. The van der Waals surface area contributed by atoms with Gasteiger partial charge < -0.3 is 19.8 Å². The second-order valence-corrected chi connectivity index (χ2v) is 5.62. The summed E-state index contributed by atoms with van der Waals surface area (Å²) in [4.78, 5) is 23.5. The molecule has 0 spiro atoms. The van der Waals surface area contributed by atoms with Gasteiger partial charge in [0, 0.05) is 25.8 Å². The Morgan fingerprint density at radius 3 is 3.08 bits per heavy atom. The first-order valence-corrected chi connectivity index (χ1v) is 7.96. The van der Waals surface area contributed by atoms with Crippen LogP contribution in [0.4, 0.5) is 5.69 Å². The van der Waals surface area contributed by atoms with Crippen LogP contribution in [0.15, 0.2) is 35.2 Å². The van der Waals surface area contributed by atoms with Crippen LogP contribution in [0.2, 0.25) is 0 Å². The van der Waals surface area contributed by atoms with E-state index in [0.29, 0.717) is 12.2 Å². The van der Waals surface area contributed by atoms with Gasteiger partial charge in [-0.25, -0.2) is 0 Å². The molecular formula is C16H20N4O4. The SMILES string of the molecule is O=C(CCNC(=O)c1ccco1)Nc1cnn(CC2CCCO2)c1. The third-order valence-corrected chi connectivity index (χ3v) is 3.71. The number of furan rings is 1. The minimum atomic E-state index is -0.336. The maximum atomic E-state index is 11.9. The van der Waals surface area contributed by atoms with E-state index in [2.05, 4.69) is 15.7 Å². The molecule has 2 N–H and O–H groups in total. The first kappa shape index (κ1) is 16.3. The maximum Gasteiger partial charge on any atom is 0.286 e. The second-order valence-electron chi connectivity index (χ2n) is 5.62. The summed E-state index contributed by atoms with van der Waals surface area (Å²) in [6, 6.07) is 3.20. The highest BCUT2D eigenvalue weighted by Crippen LogP contribution is 2.15. The van der Waals surface area contributed by atoms with Crippen molar-refractivity contribution >= 4 is 17.5 Å². The molecule has 3 rings (SSSR count). The average Bonchev–Trinajstić information content (AvgIpc) is 3.29. The predicted molar refractivity (Wildman–Crippen MR) is 85.5 cm³/mol. The first-order valence-electron chi connectivity index (χ1n) is 7.96. The topological polar surface area (TPSA) is 98.4 Å². The van der Waals surface area contributed by atoms with Gasteiger partial charge in [0.1, 0.15) is 0 Å². The van der Waals surface area contributed by atoms with Crippen LogP contribution in [0, 0.1) is 0 Å². The second kappa shape index (κ2) is 7.78. The van der Waals surface area contributed by atoms with Crippen molar-refractivity contribution in [2.24, 2.45) is 0 Å². The van der Waals surface area contributed by atoms with Gasteiger partial charge in [-0.15, -0.1) is 0 Å². The van der Waals surface area contributed by atoms with Crippen LogP contribution in [0.5, 0.6) is 0 Å². The number of carbonyl (C=O) groups is 2. The molecule has 1 unspecified atom stereocenters. The molecule has 0 aliphatic carbocycles. The molecule has 0 saturated carbocycles. The Balaban J connectivity index is 1.38. The Morgan fingerprint density at radius 1 is 1.42 bits per heavy atom. The lowest BCUT2D eigenvalue weighted by molar-refractivity contribution is -0.116. The Morgan fingerprint density at radius 2 is 2.33 bits per heavy atom. The summed E-state index contributed by atoms with van der Waals surface area (Å²) in [6.07, 6.45) is 7.30. The van der Waals surface area contributed by atoms with Crippen molar-refractivity contribution in [1.29, 1.82) is 0 Å². The highest BCUT2D eigenvalue weighted by molar-refractivity contribution is 5.93. The van der Waals surface area contributed by atoms with Gasteiger partial charge in [0.05, 0.1) is 30.8 Å². The molecule has 2 aromatic rings.